The second-order valence-corrected chi connectivity index (χ2v) is 5.72. The van der Waals surface area contributed by atoms with Crippen molar-refractivity contribution in [2.45, 2.75) is 57.3 Å². The molecule has 4 nitrogen and oxygen atoms in total. The van der Waals surface area contributed by atoms with Gasteiger partial charge in [0.25, 0.3) is 0 Å². The zero-order chi connectivity index (χ0) is 12.2. The molecule has 1 fully saturated rings. The molecule has 2 atom stereocenters. The van der Waals surface area contributed by atoms with Crippen LogP contribution in [0.4, 0.5) is 0 Å². The van der Waals surface area contributed by atoms with Crippen LogP contribution in [-0.2, 0) is 9.47 Å². The zero-order valence-electron chi connectivity index (χ0n) is 10.7. The topological polar surface area (TPSA) is 64.7 Å². The first kappa shape index (κ1) is 13.9. The van der Waals surface area contributed by atoms with Gasteiger partial charge < -0.3 is 20.3 Å². The van der Waals surface area contributed by atoms with Crippen molar-refractivity contribution in [3.63, 3.8) is 0 Å². The minimum atomic E-state index is -0.421. The second-order valence-electron chi connectivity index (χ2n) is 5.72. The van der Waals surface area contributed by atoms with Crippen molar-refractivity contribution in [2.75, 3.05) is 19.8 Å². The van der Waals surface area contributed by atoms with Gasteiger partial charge in [-0.1, -0.05) is 0 Å². The summed E-state index contributed by atoms with van der Waals surface area (Å²) in [4.78, 5) is 0. The Labute approximate surface area is 98.1 Å². The van der Waals surface area contributed by atoms with E-state index in [1.165, 1.54) is 0 Å². The molecule has 0 bridgehead atoms. The van der Waals surface area contributed by atoms with Crippen LogP contribution >= 0.6 is 0 Å². The van der Waals surface area contributed by atoms with Crippen LogP contribution in [0.1, 0.15) is 40.0 Å². The van der Waals surface area contributed by atoms with Gasteiger partial charge in [0, 0.05) is 5.54 Å². The Morgan fingerprint density at radius 2 is 2.06 bits per heavy atom. The standard InChI is InChI=1S/C12H25NO3/c1-11(2,3)16-7-6-15-10-4-5-12(13,8-10)9-14/h10,14H,4-9,13H2,1-3H3. The highest BCUT2D eigenvalue weighted by atomic mass is 16.5. The highest BCUT2D eigenvalue weighted by molar-refractivity contribution is 4.93. The quantitative estimate of drug-likeness (QED) is 0.694. The summed E-state index contributed by atoms with van der Waals surface area (Å²) in [6.07, 6.45) is 2.71. The van der Waals surface area contributed by atoms with Gasteiger partial charge in [-0.25, -0.2) is 0 Å². The predicted molar refractivity (Wildman–Crippen MR) is 63.3 cm³/mol. The van der Waals surface area contributed by atoms with Gasteiger partial charge in [-0.2, -0.15) is 0 Å². The first-order valence-electron chi connectivity index (χ1n) is 6.00. The van der Waals surface area contributed by atoms with E-state index in [9.17, 15) is 0 Å². The molecule has 96 valence electrons. The van der Waals surface area contributed by atoms with Gasteiger partial charge in [0.05, 0.1) is 31.5 Å². The van der Waals surface area contributed by atoms with Crippen molar-refractivity contribution in [3.8, 4) is 0 Å². The number of hydrogen-bond donors (Lipinski definition) is 2. The summed E-state index contributed by atoms with van der Waals surface area (Å²) in [5, 5.41) is 9.12. The van der Waals surface area contributed by atoms with E-state index >= 15 is 0 Å². The largest absolute Gasteiger partial charge is 0.394 e. The molecule has 0 spiro atoms. The van der Waals surface area contributed by atoms with Gasteiger partial charge in [-0.3, -0.25) is 0 Å². The highest BCUT2D eigenvalue weighted by Gasteiger charge is 2.35. The summed E-state index contributed by atoms with van der Waals surface area (Å²) < 4.78 is 11.2. The van der Waals surface area contributed by atoms with E-state index in [-0.39, 0.29) is 18.3 Å². The Balaban J connectivity index is 2.12. The Bertz CT molecular complexity index is 215. The Hall–Kier alpha value is -0.160. The van der Waals surface area contributed by atoms with Crippen LogP contribution < -0.4 is 5.73 Å². The van der Waals surface area contributed by atoms with Crippen LogP contribution in [0.5, 0.6) is 0 Å². The summed E-state index contributed by atoms with van der Waals surface area (Å²) >= 11 is 0. The second kappa shape index (κ2) is 5.45. The lowest BCUT2D eigenvalue weighted by atomic mass is 10.0. The van der Waals surface area contributed by atoms with E-state index in [4.69, 9.17) is 20.3 Å². The summed E-state index contributed by atoms with van der Waals surface area (Å²) in [5.74, 6) is 0. The van der Waals surface area contributed by atoms with Crippen LogP contribution in [0.25, 0.3) is 0 Å². The number of aliphatic hydroxyl groups is 1. The molecule has 1 saturated carbocycles. The Morgan fingerprint density at radius 3 is 2.56 bits per heavy atom. The minimum Gasteiger partial charge on any atom is -0.394 e. The van der Waals surface area contributed by atoms with Crippen LogP contribution in [0.3, 0.4) is 0 Å². The molecule has 16 heavy (non-hydrogen) atoms. The van der Waals surface area contributed by atoms with Crippen molar-refractivity contribution in [1.82, 2.24) is 0 Å². The molecule has 0 heterocycles. The fraction of sp³-hybridized carbons (Fsp3) is 1.00. The third kappa shape index (κ3) is 4.78. The van der Waals surface area contributed by atoms with E-state index in [2.05, 4.69) is 0 Å². The lowest BCUT2D eigenvalue weighted by Gasteiger charge is -2.22. The van der Waals surface area contributed by atoms with Crippen LogP contribution in [0, 0.1) is 0 Å². The van der Waals surface area contributed by atoms with E-state index in [1.807, 2.05) is 20.8 Å². The summed E-state index contributed by atoms with van der Waals surface area (Å²) in [5.41, 5.74) is 5.43. The molecule has 0 saturated heterocycles. The number of nitrogens with two attached hydrogens (primary N) is 1. The molecule has 2 unspecified atom stereocenters. The summed E-state index contributed by atoms with van der Waals surface area (Å²) in [6.45, 7) is 7.34. The smallest absolute Gasteiger partial charge is 0.0707 e. The first-order chi connectivity index (χ1) is 7.35. The fourth-order valence-corrected chi connectivity index (χ4v) is 1.95. The average Bonchev–Trinajstić information content (AvgIpc) is 2.55. The molecule has 4 heteroatoms. The van der Waals surface area contributed by atoms with E-state index in [1.54, 1.807) is 0 Å². The maximum Gasteiger partial charge on any atom is 0.0707 e. The molecular weight excluding hydrogens is 206 g/mol. The number of ether oxygens (including phenoxy) is 2. The van der Waals surface area contributed by atoms with E-state index in [0.717, 1.165) is 19.3 Å². The first-order valence-corrected chi connectivity index (χ1v) is 6.00. The molecule has 0 aromatic heterocycles. The molecule has 0 amide bonds. The molecule has 1 rings (SSSR count). The average molecular weight is 231 g/mol. The van der Waals surface area contributed by atoms with Crippen LogP contribution in [0.15, 0.2) is 0 Å². The lowest BCUT2D eigenvalue weighted by Crippen LogP contribution is -2.41. The van der Waals surface area contributed by atoms with E-state index < -0.39 is 5.54 Å². The highest BCUT2D eigenvalue weighted by Crippen LogP contribution is 2.29. The molecule has 0 radical (unpaired) electrons. The fourth-order valence-electron chi connectivity index (χ4n) is 1.95. The SMILES string of the molecule is CC(C)(C)OCCOC1CCC(N)(CO)C1. The predicted octanol–water partition coefficient (Wildman–Crippen LogP) is 1.06. The third-order valence-corrected chi connectivity index (χ3v) is 2.89. The van der Waals surface area contributed by atoms with Crippen molar-refractivity contribution < 1.29 is 14.6 Å². The van der Waals surface area contributed by atoms with Crippen molar-refractivity contribution >= 4 is 0 Å². The normalized spacial score (nSPS) is 30.9. The maximum atomic E-state index is 9.12. The molecular formula is C12H25NO3. The molecule has 0 aliphatic heterocycles. The van der Waals surface area contributed by atoms with Crippen LogP contribution in [-0.4, -0.2) is 42.2 Å². The van der Waals surface area contributed by atoms with Crippen LogP contribution in [0.2, 0.25) is 0 Å². The Morgan fingerprint density at radius 1 is 1.38 bits per heavy atom. The number of aliphatic hydroxyl groups excluding tert-OH is 1. The van der Waals surface area contributed by atoms with Gasteiger partial charge >= 0.3 is 0 Å². The monoisotopic (exact) mass is 231 g/mol. The minimum absolute atomic E-state index is 0.0470. The third-order valence-electron chi connectivity index (χ3n) is 2.89. The van der Waals surface area contributed by atoms with Gasteiger partial charge in [0.2, 0.25) is 0 Å². The zero-order valence-corrected chi connectivity index (χ0v) is 10.7. The van der Waals surface area contributed by atoms with Gasteiger partial charge in [-0.05, 0) is 40.0 Å². The molecule has 0 aromatic rings. The molecule has 3 N–H and O–H groups in total. The number of rotatable bonds is 5. The van der Waals surface area contributed by atoms with Gasteiger partial charge in [0.1, 0.15) is 0 Å². The lowest BCUT2D eigenvalue weighted by molar-refractivity contribution is -0.0514. The Kier molecular flexibility index (Phi) is 4.73. The molecule has 0 aromatic carbocycles. The van der Waals surface area contributed by atoms with Crippen molar-refractivity contribution in [2.24, 2.45) is 5.73 Å². The maximum absolute atomic E-state index is 9.12. The molecule has 1 aliphatic rings. The number of hydrogen-bond acceptors (Lipinski definition) is 4. The summed E-state index contributed by atoms with van der Waals surface area (Å²) in [6, 6.07) is 0. The summed E-state index contributed by atoms with van der Waals surface area (Å²) in [7, 11) is 0. The van der Waals surface area contributed by atoms with Gasteiger partial charge in [-0.15, -0.1) is 0 Å². The van der Waals surface area contributed by atoms with Crippen molar-refractivity contribution in [3.05, 3.63) is 0 Å². The van der Waals surface area contributed by atoms with E-state index in [0.29, 0.717) is 13.2 Å². The molecule has 1 aliphatic carbocycles. The van der Waals surface area contributed by atoms with Gasteiger partial charge in [0.15, 0.2) is 0 Å². The van der Waals surface area contributed by atoms with Crippen molar-refractivity contribution in [1.29, 1.82) is 0 Å².